The number of rotatable bonds is 7. The number of anilines is 1. The smallest absolute Gasteiger partial charge is 0.416 e. The average molecular weight is 642 g/mol. The van der Waals surface area contributed by atoms with Gasteiger partial charge in [0.15, 0.2) is 5.72 Å². The van der Waals surface area contributed by atoms with Crippen molar-refractivity contribution < 1.29 is 32.6 Å². The van der Waals surface area contributed by atoms with Gasteiger partial charge in [-0.05, 0) is 69.1 Å². The summed E-state index contributed by atoms with van der Waals surface area (Å²) in [5.41, 5.74) is -0.430. The number of likely N-dealkylation sites (N-methyl/N-ethyl adjacent to an activating group) is 1. The molecule has 0 bridgehead atoms. The SMILES string of the molecule is CCOC1(c2cccnc2)C=CC(C2(NC(=O)N3CC[C@@H](NC)C3)CCN(c3ccc(C(F)(F)F)cc3C#N)CC2)=CN1.O=CO. The summed E-state index contributed by atoms with van der Waals surface area (Å²) >= 11 is 0. The fraction of sp³-hybridized carbons (Fsp3) is 0.438. The molecule has 1 aromatic heterocycles. The standard InChI is InChI=1S/C31H36F3N7O2.CH2O2/c1-3-43-30(25-5-4-13-37-19-25)10-8-24(20-38-30)29(39-28(42)41-14-9-26(21-41)36-2)11-15-40(16-12-29)27-7-6-23(31(32,33)34)17-22(27)18-35;2-1-3/h4-8,10,13,17,19-20,26,36,38H,3,9,11-12,14-16,21H2,1-2H3,(H,39,42);1H,(H,2,3)/t26-,30?;/m1./s1. The first-order chi connectivity index (χ1) is 22.0. The predicted molar refractivity (Wildman–Crippen MR) is 164 cm³/mol. The Balaban J connectivity index is 0.00000154. The first kappa shape index (κ1) is 34.3. The van der Waals surface area contributed by atoms with Gasteiger partial charge >= 0.3 is 12.2 Å². The zero-order valence-corrected chi connectivity index (χ0v) is 25.7. The van der Waals surface area contributed by atoms with Crippen LogP contribution in [0.1, 0.15) is 42.9 Å². The lowest BCUT2D eigenvalue weighted by atomic mass is 9.79. The number of pyridine rings is 1. The summed E-state index contributed by atoms with van der Waals surface area (Å²) in [5, 5.41) is 26.5. The van der Waals surface area contributed by atoms with E-state index in [2.05, 4.69) is 20.9 Å². The van der Waals surface area contributed by atoms with Crippen molar-refractivity contribution in [1.82, 2.24) is 25.8 Å². The highest BCUT2D eigenvalue weighted by molar-refractivity contribution is 5.76. The van der Waals surface area contributed by atoms with Gasteiger partial charge in [-0.15, -0.1) is 0 Å². The summed E-state index contributed by atoms with van der Waals surface area (Å²) in [6.45, 7) is 4.19. The number of nitrogens with one attached hydrogen (secondary N) is 3. The molecule has 0 saturated carbocycles. The molecule has 0 radical (unpaired) electrons. The number of piperidine rings is 1. The van der Waals surface area contributed by atoms with Gasteiger partial charge in [0, 0.05) is 63.0 Å². The molecule has 3 aliphatic heterocycles. The third-order valence-corrected chi connectivity index (χ3v) is 8.59. The number of ether oxygens (including phenoxy) is 1. The van der Waals surface area contributed by atoms with Gasteiger partial charge in [-0.3, -0.25) is 9.78 Å². The Hall–Kier alpha value is -4.61. The van der Waals surface area contributed by atoms with Crippen molar-refractivity contribution >= 4 is 18.2 Å². The summed E-state index contributed by atoms with van der Waals surface area (Å²) in [4.78, 5) is 29.9. The lowest BCUT2D eigenvalue weighted by molar-refractivity contribution is -0.137. The molecular weight excluding hydrogens is 603 g/mol. The summed E-state index contributed by atoms with van der Waals surface area (Å²) in [5.74, 6) is 0. The van der Waals surface area contributed by atoms with Crippen LogP contribution in [0.3, 0.4) is 0 Å². The third-order valence-electron chi connectivity index (χ3n) is 8.59. The van der Waals surface area contributed by atoms with Crippen molar-refractivity contribution in [2.45, 2.75) is 49.7 Å². The Morgan fingerprint density at radius 3 is 2.57 bits per heavy atom. The van der Waals surface area contributed by atoms with Gasteiger partial charge in [-0.2, -0.15) is 18.4 Å². The van der Waals surface area contributed by atoms with Gasteiger partial charge in [0.05, 0.1) is 22.4 Å². The Bertz CT molecular complexity index is 1470. The fourth-order valence-electron chi connectivity index (χ4n) is 6.11. The van der Waals surface area contributed by atoms with E-state index < -0.39 is 23.0 Å². The van der Waals surface area contributed by atoms with E-state index in [1.807, 2.05) is 55.4 Å². The highest BCUT2D eigenvalue weighted by atomic mass is 19.4. The molecule has 14 heteroatoms. The van der Waals surface area contributed by atoms with Crippen LogP contribution in [-0.4, -0.2) is 78.9 Å². The minimum atomic E-state index is -4.54. The number of aromatic nitrogens is 1. The van der Waals surface area contributed by atoms with Crippen LogP contribution in [-0.2, 0) is 21.4 Å². The summed E-state index contributed by atoms with van der Waals surface area (Å²) in [6.07, 6.45) is 6.48. The molecular formula is C32H38F3N7O4. The molecule has 3 aliphatic rings. The molecule has 1 aromatic carbocycles. The zero-order valence-electron chi connectivity index (χ0n) is 25.7. The molecule has 5 rings (SSSR count). The molecule has 4 N–H and O–H groups in total. The van der Waals surface area contributed by atoms with E-state index in [4.69, 9.17) is 14.6 Å². The molecule has 0 spiro atoms. The summed E-state index contributed by atoms with van der Waals surface area (Å²) in [6, 6.07) is 9.03. The minimum absolute atomic E-state index is 0.0297. The predicted octanol–water partition coefficient (Wildman–Crippen LogP) is 3.95. The molecule has 11 nitrogen and oxygen atoms in total. The second kappa shape index (κ2) is 14.7. The van der Waals surface area contributed by atoms with Crippen molar-refractivity contribution in [3.63, 3.8) is 0 Å². The van der Waals surface area contributed by atoms with E-state index in [-0.39, 0.29) is 24.1 Å². The van der Waals surface area contributed by atoms with Crippen LogP contribution in [0.4, 0.5) is 23.7 Å². The first-order valence-electron chi connectivity index (χ1n) is 14.9. The number of carboxylic acid groups (broad SMARTS) is 1. The lowest BCUT2D eigenvalue weighted by Crippen LogP contribution is -2.59. The number of hydrogen-bond acceptors (Lipinski definition) is 8. The maximum Gasteiger partial charge on any atom is 0.416 e. The largest absolute Gasteiger partial charge is 0.483 e. The number of nitrogens with zero attached hydrogens (tertiary/aromatic N) is 4. The molecule has 1 unspecified atom stereocenters. The van der Waals surface area contributed by atoms with E-state index in [1.165, 1.54) is 6.07 Å². The monoisotopic (exact) mass is 641 g/mol. The Kier molecular flexibility index (Phi) is 10.9. The highest BCUT2D eigenvalue weighted by Gasteiger charge is 2.43. The number of carbonyl (C=O) groups is 2. The van der Waals surface area contributed by atoms with Crippen LogP contribution in [0, 0.1) is 11.3 Å². The second-order valence-electron chi connectivity index (χ2n) is 11.2. The van der Waals surface area contributed by atoms with Gasteiger partial charge in [0.1, 0.15) is 6.07 Å². The van der Waals surface area contributed by atoms with Crippen LogP contribution in [0.5, 0.6) is 0 Å². The number of halogens is 3. The van der Waals surface area contributed by atoms with Crippen LogP contribution >= 0.6 is 0 Å². The van der Waals surface area contributed by atoms with E-state index in [1.54, 1.807) is 17.3 Å². The minimum Gasteiger partial charge on any atom is -0.483 e. The quantitative estimate of drug-likeness (QED) is 0.331. The second-order valence-corrected chi connectivity index (χ2v) is 11.2. The van der Waals surface area contributed by atoms with Crippen LogP contribution in [0.25, 0.3) is 0 Å². The van der Waals surface area contributed by atoms with Crippen molar-refractivity contribution in [3.8, 4) is 6.07 Å². The number of amides is 2. The molecule has 2 amide bonds. The van der Waals surface area contributed by atoms with Crippen molar-refractivity contribution in [2.75, 3.05) is 44.7 Å². The Morgan fingerprint density at radius 2 is 2.02 bits per heavy atom. The van der Waals surface area contributed by atoms with Gasteiger partial charge in [0.25, 0.3) is 6.47 Å². The van der Waals surface area contributed by atoms with Gasteiger partial charge in [-0.1, -0.05) is 12.1 Å². The topological polar surface area (TPSA) is 143 Å². The van der Waals surface area contributed by atoms with E-state index in [0.29, 0.717) is 51.3 Å². The molecule has 46 heavy (non-hydrogen) atoms. The Labute approximate surface area is 265 Å². The highest BCUT2D eigenvalue weighted by Crippen LogP contribution is 2.39. The number of nitriles is 1. The van der Waals surface area contributed by atoms with Crippen molar-refractivity contribution in [1.29, 1.82) is 5.26 Å². The number of likely N-dealkylation sites (tertiary alicyclic amines) is 1. The van der Waals surface area contributed by atoms with Crippen LogP contribution in [0.15, 0.2) is 66.7 Å². The van der Waals surface area contributed by atoms with E-state index in [0.717, 1.165) is 29.7 Å². The maximum atomic E-state index is 13.6. The summed E-state index contributed by atoms with van der Waals surface area (Å²) < 4.78 is 46.0. The molecule has 2 fully saturated rings. The number of dihydropyridines is 1. The van der Waals surface area contributed by atoms with Crippen LogP contribution < -0.4 is 20.9 Å². The average Bonchev–Trinajstić information content (AvgIpc) is 3.56. The zero-order chi connectivity index (χ0) is 33.4. The van der Waals surface area contributed by atoms with Gasteiger partial charge in [0.2, 0.25) is 0 Å². The number of hydrogen-bond donors (Lipinski definition) is 4. The van der Waals surface area contributed by atoms with Gasteiger partial charge in [-0.25, -0.2) is 4.79 Å². The molecule has 2 atom stereocenters. The Morgan fingerprint density at radius 1 is 1.28 bits per heavy atom. The lowest BCUT2D eigenvalue weighted by Gasteiger charge is -2.46. The normalized spacial score (nSPS) is 22.1. The fourth-order valence-corrected chi connectivity index (χ4v) is 6.11. The molecule has 4 heterocycles. The number of benzene rings is 1. The molecule has 2 saturated heterocycles. The first-order valence-corrected chi connectivity index (χ1v) is 14.9. The van der Waals surface area contributed by atoms with Crippen LogP contribution in [0.2, 0.25) is 0 Å². The van der Waals surface area contributed by atoms with Gasteiger partial charge < -0.3 is 35.6 Å². The molecule has 0 aliphatic carbocycles. The van der Waals surface area contributed by atoms with Crippen molar-refractivity contribution in [2.24, 2.45) is 0 Å². The summed E-state index contributed by atoms with van der Waals surface area (Å²) in [7, 11) is 1.89. The number of urea groups is 1. The third kappa shape index (κ3) is 7.43. The number of alkyl halides is 3. The van der Waals surface area contributed by atoms with E-state index in [9.17, 15) is 23.2 Å². The molecule has 2 aromatic rings. The van der Waals surface area contributed by atoms with Crippen molar-refractivity contribution in [3.05, 3.63) is 83.3 Å². The van der Waals surface area contributed by atoms with E-state index >= 15 is 0 Å². The number of carbonyl (C=O) groups excluding carboxylic acids is 1. The molecule has 246 valence electrons. The maximum absolute atomic E-state index is 13.6.